The van der Waals surface area contributed by atoms with Crippen LogP contribution in [0.15, 0.2) is 0 Å². The highest BCUT2D eigenvalue weighted by molar-refractivity contribution is 5.81. The van der Waals surface area contributed by atoms with E-state index in [1.54, 1.807) is 4.90 Å². The fourth-order valence-corrected chi connectivity index (χ4v) is 1.67. The van der Waals surface area contributed by atoms with Gasteiger partial charge in [-0.1, -0.05) is 6.92 Å². The molecule has 0 heterocycles. The average molecular weight is 225 g/mol. The summed E-state index contributed by atoms with van der Waals surface area (Å²) in [7, 11) is 0. The van der Waals surface area contributed by atoms with Gasteiger partial charge in [-0.25, -0.2) is 0 Å². The Bertz CT molecular complexity index is 243. The van der Waals surface area contributed by atoms with E-state index in [1.165, 1.54) is 0 Å². The Kier molecular flexibility index (Phi) is 7.57. The zero-order valence-electron chi connectivity index (χ0n) is 10.8. The van der Waals surface area contributed by atoms with Gasteiger partial charge in [0.25, 0.3) is 0 Å². The first-order chi connectivity index (χ1) is 7.60. The van der Waals surface area contributed by atoms with Gasteiger partial charge in [-0.05, 0) is 27.2 Å². The first-order valence-electron chi connectivity index (χ1n) is 6.02. The summed E-state index contributed by atoms with van der Waals surface area (Å²) in [6.07, 6.45) is 1.32. The fourth-order valence-electron chi connectivity index (χ4n) is 1.67. The highest BCUT2D eigenvalue weighted by atomic mass is 16.2. The van der Waals surface area contributed by atoms with Crippen LogP contribution in [0, 0.1) is 11.3 Å². The van der Waals surface area contributed by atoms with Crippen molar-refractivity contribution in [2.45, 2.75) is 52.6 Å². The number of rotatable bonds is 7. The van der Waals surface area contributed by atoms with Crippen LogP contribution in [0.1, 0.15) is 40.5 Å². The van der Waals surface area contributed by atoms with Crippen molar-refractivity contribution in [3.05, 3.63) is 0 Å². The Morgan fingerprint density at radius 2 is 1.94 bits per heavy atom. The molecule has 0 saturated heterocycles. The summed E-state index contributed by atoms with van der Waals surface area (Å²) in [6, 6.07) is 2.03. The van der Waals surface area contributed by atoms with Gasteiger partial charge in [-0.15, -0.1) is 0 Å². The zero-order chi connectivity index (χ0) is 12.6. The molecule has 1 N–H and O–H groups in total. The van der Waals surface area contributed by atoms with E-state index in [0.717, 1.165) is 19.5 Å². The molecular weight excluding hydrogens is 202 g/mol. The maximum Gasteiger partial charge on any atom is 0.239 e. The number of carbonyl (C=O) groups excluding carboxylic acids is 1. The third kappa shape index (κ3) is 4.63. The van der Waals surface area contributed by atoms with Gasteiger partial charge in [0, 0.05) is 19.1 Å². The van der Waals surface area contributed by atoms with Crippen LogP contribution in [-0.4, -0.2) is 36.0 Å². The summed E-state index contributed by atoms with van der Waals surface area (Å²) in [5, 5.41) is 11.8. The number of hydrogen-bond acceptors (Lipinski definition) is 3. The lowest BCUT2D eigenvalue weighted by molar-refractivity contribution is -0.132. The van der Waals surface area contributed by atoms with Gasteiger partial charge in [0.2, 0.25) is 5.91 Å². The predicted molar refractivity (Wildman–Crippen MR) is 64.8 cm³/mol. The summed E-state index contributed by atoms with van der Waals surface area (Å²) in [5.74, 6) is 0.112. The van der Waals surface area contributed by atoms with Crippen molar-refractivity contribution in [2.75, 3.05) is 13.1 Å². The monoisotopic (exact) mass is 225 g/mol. The average Bonchev–Trinajstić information content (AvgIpc) is 2.29. The van der Waals surface area contributed by atoms with Crippen LogP contribution >= 0.6 is 0 Å². The van der Waals surface area contributed by atoms with Crippen molar-refractivity contribution < 1.29 is 4.79 Å². The number of likely N-dealkylation sites (N-methyl/N-ethyl adjacent to an activating group) is 1. The van der Waals surface area contributed by atoms with E-state index in [0.29, 0.717) is 6.42 Å². The van der Waals surface area contributed by atoms with Crippen LogP contribution in [0.25, 0.3) is 0 Å². The number of hydrogen-bond donors (Lipinski definition) is 1. The maximum atomic E-state index is 11.9. The Morgan fingerprint density at radius 3 is 2.31 bits per heavy atom. The van der Waals surface area contributed by atoms with E-state index in [-0.39, 0.29) is 18.0 Å². The van der Waals surface area contributed by atoms with Crippen molar-refractivity contribution in [2.24, 2.45) is 0 Å². The van der Waals surface area contributed by atoms with Gasteiger partial charge in [-0.3, -0.25) is 4.79 Å². The molecular formula is C12H23N3O. The molecule has 4 nitrogen and oxygen atoms in total. The quantitative estimate of drug-likeness (QED) is 0.715. The van der Waals surface area contributed by atoms with Crippen molar-refractivity contribution in [1.29, 1.82) is 5.26 Å². The molecule has 0 aliphatic rings. The molecule has 0 aliphatic carbocycles. The first kappa shape index (κ1) is 14.9. The highest BCUT2D eigenvalue weighted by Gasteiger charge is 2.20. The van der Waals surface area contributed by atoms with Crippen LogP contribution < -0.4 is 5.32 Å². The molecule has 0 saturated carbocycles. The van der Waals surface area contributed by atoms with Gasteiger partial charge in [0.1, 0.15) is 0 Å². The minimum atomic E-state index is -0.210. The second kappa shape index (κ2) is 8.12. The van der Waals surface area contributed by atoms with E-state index >= 15 is 0 Å². The lowest BCUT2D eigenvalue weighted by Crippen LogP contribution is -2.48. The van der Waals surface area contributed by atoms with E-state index in [9.17, 15) is 4.79 Å². The summed E-state index contributed by atoms with van der Waals surface area (Å²) >= 11 is 0. The second-order valence-electron chi connectivity index (χ2n) is 3.87. The third-order valence-corrected chi connectivity index (χ3v) is 2.76. The molecule has 4 heteroatoms. The van der Waals surface area contributed by atoms with E-state index in [4.69, 9.17) is 5.26 Å². The Morgan fingerprint density at radius 1 is 1.38 bits per heavy atom. The first-order valence-corrected chi connectivity index (χ1v) is 6.02. The van der Waals surface area contributed by atoms with E-state index in [1.807, 2.05) is 27.7 Å². The van der Waals surface area contributed by atoms with Gasteiger partial charge < -0.3 is 10.2 Å². The third-order valence-electron chi connectivity index (χ3n) is 2.76. The summed E-state index contributed by atoms with van der Waals surface area (Å²) in [4.78, 5) is 13.7. The zero-order valence-corrected chi connectivity index (χ0v) is 10.8. The highest BCUT2D eigenvalue weighted by Crippen LogP contribution is 2.01. The van der Waals surface area contributed by atoms with Crippen molar-refractivity contribution in [1.82, 2.24) is 10.2 Å². The standard InChI is InChI=1S/C12H23N3O/c1-5-11(8-9-13)14-10(4)12(16)15(6-2)7-3/h10-11,14H,5-8H2,1-4H3. The van der Waals surface area contributed by atoms with Crippen LogP contribution in [-0.2, 0) is 4.79 Å². The normalized spacial score (nSPS) is 13.9. The Hall–Kier alpha value is -1.08. The molecule has 0 fully saturated rings. The smallest absolute Gasteiger partial charge is 0.239 e. The SMILES string of the molecule is CCC(CC#N)NC(C)C(=O)N(CC)CC. The molecule has 0 radical (unpaired) electrons. The minimum Gasteiger partial charge on any atom is -0.342 e. The van der Waals surface area contributed by atoms with E-state index in [2.05, 4.69) is 11.4 Å². The maximum absolute atomic E-state index is 11.9. The number of nitrogens with one attached hydrogen (secondary N) is 1. The number of amides is 1. The van der Waals surface area contributed by atoms with Crippen LogP contribution in [0.4, 0.5) is 0 Å². The van der Waals surface area contributed by atoms with Gasteiger partial charge in [0.05, 0.1) is 18.5 Å². The van der Waals surface area contributed by atoms with Crippen LogP contribution in [0.3, 0.4) is 0 Å². The van der Waals surface area contributed by atoms with Crippen LogP contribution in [0.2, 0.25) is 0 Å². The molecule has 0 aromatic rings. The molecule has 0 aromatic carbocycles. The largest absolute Gasteiger partial charge is 0.342 e. The topological polar surface area (TPSA) is 56.1 Å². The van der Waals surface area contributed by atoms with Crippen LogP contribution in [0.5, 0.6) is 0 Å². The van der Waals surface area contributed by atoms with Gasteiger partial charge in [0.15, 0.2) is 0 Å². The van der Waals surface area contributed by atoms with Crippen molar-refractivity contribution in [3.8, 4) is 6.07 Å². The fraction of sp³-hybridized carbons (Fsp3) is 0.833. The summed E-state index contributed by atoms with van der Waals surface area (Å²) < 4.78 is 0. The molecule has 0 spiro atoms. The molecule has 2 atom stereocenters. The predicted octanol–water partition coefficient (Wildman–Crippen LogP) is 1.53. The van der Waals surface area contributed by atoms with Gasteiger partial charge >= 0.3 is 0 Å². The number of nitrogens with zero attached hydrogens (tertiary/aromatic N) is 2. The molecule has 16 heavy (non-hydrogen) atoms. The summed E-state index contributed by atoms with van der Waals surface area (Å²) in [6.45, 7) is 9.29. The molecule has 2 unspecified atom stereocenters. The van der Waals surface area contributed by atoms with Crippen molar-refractivity contribution >= 4 is 5.91 Å². The second-order valence-corrected chi connectivity index (χ2v) is 3.87. The molecule has 0 bridgehead atoms. The molecule has 0 aliphatic heterocycles. The Labute approximate surface area is 98.6 Å². The molecule has 92 valence electrons. The lowest BCUT2D eigenvalue weighted by atomic mass is 10.1. The van der Waals surface area contributed by atoms with Gasteiger partial charge in [-0.2, -0.15) is 5.26 Å². The lowest BCUT2D eigenvalue weighted by Gasteiger charge is -2.26. The summed E-state index contributed by atoms with van der Waals surface area (Å²) in [5.41, 5.74) is 0. The molecule has 0 rings (SSSR count). The number of carbonyl (C=O) groups is 1. The number of nitriles is 1. The molecule has 1 amide bonds. The molecule has 0 aromatic heterocycles. The van der Waals surface area contributed by atoms with Crippen molar-refractivity contribution in [3.63, 3.8) is 0 Å². The van der Waals surface area contributed by atoms with E-state index < -0.39 is 0 Å². The Balaban J connectivity index is 4.27. The minimum absolute atomic E-state index is 0.111.